The Bertz CT molecular complexity index is 546. The number of ketones is 1. The molecule has 1 aliphatic rings. The number of hydrogen-bond acceptors (Lipinski definition) is 3. The first-order valence-electron chi connectivity index (χ1n) is 6.16. The molecule has 0 saturated heterocycles. The SMILES string of the molecule is O=C1CCCC[C@H](n2nnc3ccccc32)C1. The van der Waals surface area contributed by atoms with Gasteiger partial charge in [-0.1, -0.05) is 23.8 Å². The summed E-state index contributed by atoms with van der Waals surface area (Å²) in [5.74, 6) is 0.354. The highest BCUT2D eigenvalue weighted by Gasteiger charge is 2.21. The molecule has 3 rings (SSSR count). The molecule has 1 saturated carbocycles. The highest BCUT2D eigenvalue weighted by Crippen LogP contribution is 2.27. The number of nitrogens with zero attached hydrogens (tertiary/aromatic N) is 3. The third-order valence-corrected chi connectivity index (χ3v) is 3.43. The van der Waals surface area contributed by atoms with Gasteiger partial charge in [-0.25, -0.2) is 4.68 Å². The van der Waals surface area contributed by atoms with Crippen molar-refractivity contribution in [1.29, 1.82) is 0 Å². The Balaban J connectivity index is 1.99. The Kier molecular flexibility index (Phi) is 2.63. The molecule has 0 aliphatic heterocycles. The van der Waals surface area contributed by atoms with Crippen LogP contribution in [0.2, 0.25) is 0 Å². The molecule has 1 atom stereocenters. The second-order valence-electron chi connectivity index (χ2n) is 4.67. The van der Waals surface area contributed by atoms with Gasteiger partial charge in [0, 0.05) is 12.8 Å². The Morgan fingerprint density at radius 1 is 1.24 bits per heavy atom. The zero-order valence-electron chi connectivity index (χ0n) is 9.67. The van der Waals surface area contributed by atoms with E-state index in [-0.39, 0.29) is 6.04 Å². The number of carbonyl (C=O) groups is 1. The predicted molar refractivity (Wildman–Crippen MR) is 64.7 cm³/mol. The molecule has 0 spiro atoms. The summed E-state index contributed by atoms with van der Waals surface area (Å²) in [7, 11) is 0. The molecule has 1 heterocycles. The van der Waals surface area contributed by atoms with E-state index in [0.717, 1.165) is 36.7 Å². The molecule has 1 aliphatic carbocycles. The number of rotatable bonds is 1. The molecular formula is C13H15N3O. The van der Waals surface area contributed by atoms with Crippen molar-refractivity contribution < 1.29 is 4.79 Å². The van der Waals surface area contributed by atoms with Crippen LogP contribution in [0.15, 0.2) is 24.3 Å². The lowest BCUT2D eigenvalue weighted by Gasteiger charge is -2.13. The van der Waals surface area contributed by atoms with Crippen LogP contribution in [0.3, 0.4) is 0 Å². The Hall–Kier alpha value is -1.71. The van der Waals surface area contributed by atoms with Gasteiger partial charge in [0.2, 0.25) is 0 Å². The first kappa shape index (κ1) is 10.4. The molecule has 4 nitrogen and oxygen atoms in total. The van der Waals surface area contributed by atoms with Gasteiger partial charge >= 0.3 is 0 Å². The van der Waals surface area contributed by atoms with Crippen molar-refractivity contribution in [3.05, 3.63) is 24.3 Å². The predicted octanol–water partition coefficient (Wildman–Crippen LogP) is 2.51. The van der Waals surface area contributed by atoms with Crippen molar-refractivity contribution in [3.8, 4) is 0 Å². The van der Waals surface area contributed by atoms with Crippen molar-refractivity contribution in [2.24, 2.45) is 0 Å². The van der Waals surface area contributed by atoms with Gasteiger partial charge in [0.25, 0.3) is 0 Å². The molecule has 88 valence electrons. The summed E-state index contributed by atoms with van der Waals surface area (Å²) in [6.45, 7) is 0. The molecule has 0 unspecified atom stereocenters. The second-order valence-corrected chi connectivity index (χ2v) is 4.67. The molecular weight excluding hydrogens is 214 g/mol. The van der Waals surface area contributed by atoms with Gasteiger partial charge in [0.15, 0.2) is 0 Å². The number of aromatic nitrogens is 3. The van der Waals surface area contributed by atoms with Crippen molar-refractivity contribution >= 4 is 16.8 Å². The van der Waals surface area contributed by atoms with E-state index in [4.69, 9.17) is 0 Å². The summed E-state index contributed by atoms with van der Waals surface area (Å²) in [5, 5.41) is 8.36. The number of fused-ring (bicyclic) bond motifs is 1. The van der Waals surface area contributed by atoms with Crippen LogP contribution < -0.4 is 0 Å². The molecule has 1 aromatic carbocycles. The molecule has 1 aromatic heterocycles. The van der Waals surface area contributed by atoms with E-state index in [9.17, 15) is 4.79 Å². The van der Waals surface area contributed by atoms with Crippen LogP contribution in [0.5, 0.6) is 0 Å². The highest BCUT2D eigenvalue weighted by atomic mass is 16.1. The minimum atomic E-state index is 0.192. The zero-order valence-corrected chi connectivity index (χ0v) is 9.67. The first-order chi connectivity index (χ1) is 8.34. The van der Waals surface area contributed by atoms with Gasteiger partial charge in [-0.3, -0.25) is 4.79 Å². The molecule has 0 radical (unpaired) electrons. The number of benzene rings is 1. The largest absolute Gasteiger partial charge is 0.300 e. The Morgan fingerprint density at radius 3 is 3.06 bits per heavy atom. The lowest BCUT2D eigenvalue weighted by Crippen LogP contribution is -2.13. The average Bonchev–Trinajstić information content (AvgIpc) is 2.66. The van der Waals surface area contributed by atoms with Crippen LogP contribution in [0, 0.1) is 0 Å². The average molecular weight is 229 g/mol. The van der Waals surface area contributed by atoms with Crippen molar-refractivity contribution in [3.63, 3.8) is 0 Å². The van der Waals surface area contributed by atoms with Gasteiger partial charge in [0.05, 0.1) is 11.6 Å². The lowest BCUT2D eigenvalue weighted by atomic mass is 10.1. The third kappa shape index (κ3) is 1.95. The van der Waals surface area contributed by atoms with Crippen LogP contribution in [-0.4, -0.2) is 20.8 Å². The van der Waals surface area contributed by atoms with Crippen molar-refractivity contribution in [1.82, 2.24) is 15.0 Å². The van der Waals surface area contributed by atoms with Gasteiger partial charge in [-0.2, -0.15) is 0 Å². The van der Waals surface area contributed by atoms with Gasteiger partial charge < -0.3 is 0 Å². The van der Waals surface area contributed by atoms with Crippen LogP contribution in [-0.2, 0) is 4.79 Å². The van der Waals surface area contributed by atoms with E-state index in [1.54, 1.807) is 0 Å². The van der Waals surface area contributed by atoms with Gasteiger partial charge in [0.1, 0.15) is 11.3 Å². The normalized spacial score (nSPS) is 21.6. The maximum Gasteiger partial charge on any atom is 0.135 e. The summed E-state index contributed by atoms with van der Waals surface area (Å²) in [5.41, 5.74) is 1.94. The van der Waals surface area contributed by atoms with Crippen molar-refractivity contribution in [2.45, 2.75) is 38.1 Å². The van der Waals surface area contributed by atoms with Crippen LogP contribution >= 0.6 is 0 Å². The summed E-state index contributed by atoms with van der Waals surface area (Å²) in [4.78, 5) is 11.7. The van der Waals surface area contributed by atoms with Gasteiger partial charge in [-0.15, -0.1) is 5.10 Å². The first-order valence-corrected chi connectivity index (χ1v) is 6.16. The molecule has 4 heteroatoms. The monoisotopic (exact) mass is 229 g/mol. The highest BCUT2D eigenvalue weighted by molar-refractivity contribution is 5.79. The molecule has 0 N–H and O–H groups in total. The molecule has 0 bridgehead atoms. The summed E-state index contributed by atoms with van der Waals surface area (Å²) in [6.07, 6.45) is 4.47. The zero-order chi connectivity index (χ0) is 11.7. The molecule has 17 heavy (non-hydrogen) atoms. The summed E-state index contributed by atoms with van der Waals surface area (Å²) >= 11 is 0. The molecule has 0 amide bonds. The van der Waals surface area contributed by atoms with Crippen LogP contribution in [0.25, 0.3) is 11.0 Å². The fourth-order valence-corrected chi connectivity index (χ4v) is 2.53. The Morgan fingerprint density at radius 2 is 2.12 bits per heavy atom. The summed E-state index contributed by atoms with van der Waals surface area (Å²) < 4.78 is 1.93. The van der Waals surface area contributed by atoms with E-state index in [2.05, 4.69) is 10.3 Å². The molecule has 2 aromatic rings. The Labute approximate surface area is 99.6 Å². The maximum absolute atomic E-state index is 11.7. The second kappa shape index (κ2) is 4.28. The minimum absolute atomic E-state index is 0.192. The standard InChI is InChI=1S/C13H15N3O/c17-11-6-2-1-5-10(9-11)16-13-8-4-3-7-12(13)14-15-16/h3-4,7-8,10H,1-2,5-6,9H2/t10-/m0/s1. The fourth-order valence-electron chi connectivity index (χ4n) is 2.53. The topological polar surface area (TPSA) is 47.8 Å². The number of Topliss-reactive ketones (excluding diaryl/α,β-unsaturated/α-hetero) is 1. The number of hydrogen-bond donors (Lipinski definition) is 0. The van der Waals surface area contributed by atoms with Gasteiger partial charge in [-0.05, 0) is 25.0 Å². The summed E-state index contributed by atoms with van der Waals surface area (Å²) in [6, 6.07) is 8.11. The van der Waals surface area contributed by atoms with E-state index in [1.165, 1.54) is 0 Å². The minimum Gasteiger partial charge on any atom is -0.300 e. The van der Waals surface area contributed by atoms with E-state index in [0.29, 0.717) is 12.2 Å². The van der Waals surface area contributed by atoms with Crippen LogP contribution in [0.4, 0.5) is 0 Å². The van der Waals surface area contributed by atoms with Crippen LogP contribution in [0.1, 0.15) is 38.1 Å². The number of carbonyl (C=O) groups excluding carboxylic acids is 1. The number of para-hydroxylation sites is 1. The lowest BCUT2D eigenvalue weighted by molar-refractivity contribution is -0.119. The third-order valence-electron chi connectivity index (χ3n) is 3.43. The molecule has 1 fully saturated rings. The van der Waals surface area contributed by atoms with E-state index in [1.807, 2.05) is 28.9 Å². The van der Waals surface area contributed by atoms with E-state index < -0.39 is 0 Å². The smallest absolute Gasteiger partial charge is 0.135 e. The van der Waals surface area contributed by atoms with Crippen molar-refractivity contribution in [2.75, 3.05) is 0 Å². The maximum atomic E-state index is 11.7. The fraction of sp³-hybridized carbons (Fsp3) is 0.462. The van der Waals surface area contributed by atoms with E-state index >= 15 is 0 Å². The quantitative estimate of drug-likeness (QED) is 0.706.